The van der Waals surface area contributed by atoms with Gasteiger partial charge in [-0.1, -0.05) is 58.5 Å². The Labute approximate surface area is 217 Å². The molecule has 3 heterocycles. The predicted octanol–water partition coefficient (Wildman–Crippen LogP) is 6.72. The number of rotatable bonds is 6. The van der Waals surface area contributed by atoms with E-state index in [0.717, 1.165) is 43.7 Å². The van der Waals surface area contributed by atoms with Crippen LogP contribution in [0.25, 0.3) is 22.6 Å². The van der Waals surface area contributed by atoms with Crippen molar-refractivity contribution < 1.29 is 0 Å². The highest BCUT2D eigenvalue weighted by atomic mass is 35.5. The zero-order valence-electron chi connectivity index (χ0n) is 18.2. The van der Waals surface area contributed by atoms with Crippen LogP contribution in [-0.4, -0.2) is 32.6 Å². The van der Waals surface area contributed by atoms with Gasteiger partial charge in [-0.2, -0.15) is 4.98 Å². The van der Waals surface area contributed by atoms with Gasteiger partial charge < -0.3 is 15.2 Å². The van der Waals surface area contributed by atoms with E-state index in [1.54, 1.807) is 12.3 Å². The molecule has 0 amide bonds. The van der Waals surface area contributed by atoms with Gasteiger partial charge in [-0.3, -0.25) is 0 Å². The van der Waals surface area contributed by atoms with Crippen LogP contribution < -0.4 is 10.6 Å². The smallest absolute Gasteiger partial charge is 0.225 e. The van der Waals surface area contributed by atoms with E-state index >= 15 is 0 Å². The molecule has 0 aliphatic carbocycles. The number of nitrogens with one attached hydrogen (secondary N) is 2. The van der Waals surface area contributed by atoms with Gasteiger partial charge in [0.05, 0.1) is 31.9 Å². The third-order valence-electron chi connectivity index (χ3n) is 5.95. The number of anilines is 1. The van der Waals surface area contributed by atoms with Crippen LogP contribution in [0.3, 0.4) is 0 Å². The molecule has 6 nitrogen and oxygen atoms in total. The molecule has 1 atom stereocenters. The lowest BCUT2D eigenvalue weighted by Gasteiger charge is -2.24. The maximum Gasteiger partial charge on any atom is 0.225 e. The first kappa shape index (κ1) is 23.6. The second-order valence-electron chi connectivity index (χ2n) is 8.36. The number of halogens is 4. The highest BCUT2D eigenvalue weighted by Crippen LogP contribution is 2.36. The van der Waals surface area contributed by atoms with E-state index in [4.69, 9.17) is 56.4 Å². The molecule has 0 bridgehead atoms. The molecule has 1 saturated heterocycles. The monoisotopic (exact) mass is 534 g/mol. The number of hydrogen-bond donors (Lipinski definition) is 2. The van der Waals surface area contributed by atoms with E-state index in [-0.39, 0.29) is 0 Å². The number of imidazole rings is 1. The molecule has 1 unspecified atom stereocenters. The van der Waals surface area contributed by atoms with E-state index in [2.05, 4.69) is 20.2 Å². The number of piperidine rings is 1. The predicted molar refractivity (Wildman–Crippen MR) is 140 cm³/mol. The minimum atomic E-state index is 0.453. The van der Waals surface area contributed by atoms with Gasteiger partial charge in [0.1, 0.15) is 11.3 Å². The summed E-state index contributed by atoms with van der Waals surface area (Å²) in [5, 5.41) is 8.90. The quantitative estimate of drug-likeness (QED) is 0.287. The molecule has 10 heteroatoms. The summed E-state index contributed by atoms with van der Waals surface area (Å²) in [7, 11) is 0. The van der Waals surface area contributed by atoms with Gasteiger partial charge in [0.2, 0.25) is 5.95 Å². The third kappa shape index (κ3) is 4.97. The van der Waals surface area contributed by atoms with Crippen molar-refractivity contribution in [2.45, 2.75) is 25.9 Å². The second-order valence-corrected chi connectivity index (χ2v) is 9.99. The minimum absolute atomic E-state index is 0.453. The highest BCUT2D eigenvalue weighted by molar-refractivity contribution is 6.42. The van der Waals surface area contributed by atoms with Gasteiger partial charge in [-0.05, 0) is 61.7 Å². The van der Waals surface area contributed by atoms with E-state index in [9.17, 15) is 0 Å². The Morgan fingerprint density at radius 3 is 2.56 bits per heavy atom. The van der Waals surface area contributed by atoms with Crippen LogP contribution in [-0.2, 0) is 13.1 Å². The zero-order valence-corrected chi connectivity index (χ0v) is 21.2. The van der Waals surface area contributed by atoms with Gasteiger partial charge in [-0.15, -0.1) is 0 Å². The molecule has 1 aliphatic rings. The average Bonchev–Trinajstić information content (AvgIpc) is 3.17. The summed E-state index contributed by atoms with van der Waals surface area (Å²) in [6.07, 6.45) is 4.00. The highest BCUT2D eigenvalue weighted by Gasteiger charge is 2.23. The lowest BCUT2D eigenvalue weighted by Crippen LogP contribution is -2.32. The van der Waals surface area contributed by atoms with Gasteiger partial charge >= 0.3 is 0 Å². The van der Waals surface area contributed by atoms with E-state index in [1.165, 1.54) is 0 Å². The molecular formula is C24H22Cl4N6. The van der Waals surface area contributed by atoms with Crippen molar-refractivity contribution in [3.63, 3.8) is 0 Å². The molecule has 2 N–H and O–H groups in total. The van der Waals surface area contributed by atoms with Crippen LogP contribution in [0.2, 0.25) is 20.1 Å². The molecule has 1 fully saturated rings. The SMILES string of the molecule is Clc1ccc(CNc2ncc3nc(-c4c(Cl)cccc4Cl)n(CC4CCCNC4)c3n2)cc1Cl. The van der Waals surface area contributed by atoms with E-state index in [0.29, 0.717) is 55.4 Å². The number of fused-ring (bicyclic) bond motifs is 1. The van der Waals surface area contributed by atoms with Gasteiger partial charge in [0.15, 0.2) is 5.65 Å². The van der Waals surface area contributed by atoms with Crippen molar-refractivity contribution in [3.8, 4) is 11.4 Å². The normalized spacial score (nSPS) is 16.2. The van der Waals surface area contributed by atoms with E-state index in [1.807, 2.05) is 30.3 Å². The molecule has 176 valence electrons. The van der Waals surface area contributed by atoms with Crippen molar-refractivity contribution >= 4 is 63.5 Å². The summed E-state index contributed by atoms with van der Waals surface area (Å²) in [4.78, 5) is 14.1. The minimum Gasteiger partial charge on any atom is -0.350 e. The summed E-state index contributed by atoms with van der Waals surface area (Å²) in [6.45, 7) is 3.26. The Hall–Kier alpha value is -2.09. The first-order valence-electron chi connectivity index (χ1n) is 11.1. The van der Waals surface area contributed by atoms with Crippen molar-refractivity contribution in [2.24, 2.45) is 5.92 Å². The standard InChI is InChI=1S/C24H22Cl4N6/c25-16-7-6-14(9-19(16)28)11-30-24-31-12-20-22(33-24)34(13-15-3-2-8-29-10-15)23(32-20)21-17(26)4-1-5-18(21)27/h1,4-7,9,12,15,29H,2-3,8,10-11,13H2,(H,30,31,33). The number of hydrogen-bond acceptors (Lipinski definition) is 5. The lowest BCUT2D eigenvalue weighted by molar-refractivity contribution is 0.341. The molecular weight excluding hydrogens is 514 g/mol. The number of nitrogens with zero attached hydrogens (tertiary/aromatic N) is 4. The molecule has 2 aromatic heterocycles. The van der Waals surface area contributed by atoms with Crippen LogP contribution in [0.5, 0.6) is 0 Å². The largest absolute Gasteiger partial charge is 0.350 e. The fraction of sp³-hybridized carbons (Fsp3) is 0.292. The molecule has 2 aromatic carbocycles. The molecule has 0 radical (unpaired) electrons. The Morgan fingerprint density at radius 2 is 1.82 bits per heavy atom. The Bertz CT molecular complexity index is 1310. The fourth-order valence-corrected chi connectivity index (χ4v) is 5.14. The summed E-state index contributed by atoms with van der Waals surface area (Å²) in [5.74, 6) is 1.65. The summed E-state index contributed by atoms with van der Waals surface area (Å²) in [6, 6.07) is 11.0. The number of aromatic nitrogens is 4. The third-order valence-corrected chi connectivity index (χ3v) is 7.32. The second kappa shape index (κ2) is 10.3. The fourth-order valence-electron chi connectivity index (χ4n) is 4.25. The number of benzene rings is 2. The van der Waals surface area contributed by atoms with Gasteiger partial charge in [0, 0.05) is 13.1 Å². The van der Waals surface area contributed by atoms with Gasteiger partial charge in [0.25, 0.3) is 0 Å². The van der Waals surface area contributed by atoms with Crippen molar-refractivity contribution in [1.29, 1.82) is 0 Å². The van der Waals surface area contributed by atoms with Crippen molar-refractivity contribution in [3.05, 3.63) is 68.2 Å². The Balaban J connectivity index is 1.52. The zero-order chi connectivity index (χ0) is 23.7. The van der Waals surface area contributed by atoms with E-state index < -0.39 is 0 Å². The maximum absolute atomic E-state index is 6.56. The van der Waals surface area contributed by atoms with Crippen molar-refractivity contribution in [1.82, 2.24) is 24.8 Å². The summed E-state index contributed by atoms with van der Waals surface area (Å²) in [5.41, 5.74) is 3.11. The topological polar surface area (TPSA) is 67.7 Å². The molecule has 1 aliphatic heterocycles. The van der Waals surface area contributed by atoms with Gasteiger partial charge in [-0.25, -0.2) is 9.97 Å². The van der Waals surface area contributed by atoms with Crippen molar-refractivity contribution in [2.75, 3.05) is 18.4 Å². The van der Waals surface area contributed by atoms with Crippen LogP contribution in [0.4, 0.5) is 5.95 Å². The van der Waals surface area contributed by atoms with Crippen LogP contribution in [0, 0.1) is 5.92 Å². The van der Waals surface area contributed by atoms with Crippen LogP contribution in [0.1, 0.15) is 18.4 Å². The first-order valence-corrected chi connectivity index (χ1v) is 12.6. The molecule has 0 saturated carbocycles. The molecule has 5 rings (SSSR count). The first-order chi connectivity index (χ1) is 16.5. The summed E-state index contributed by atoms with van der Waals surface area (Å²) < 4.78 is 2.12. The van der Waals surface area contributed by atoms with Crippen LogP contribution in [0.15, 0.2) is 42.6 Å². The average molecular weight is 536 g/mol. The van der Waals surface area contributed by atoms with Crippen LogP contribution >= 0.6 is 46.4 Å². The molecule has 34 heavy (non-hydrogen) atoms. The molecule has 4 aromatic rings. The lowest BCUT2D eigenvalue weighted by atomic mass is 9.99. The Kier molecular flexibility index (Phi) is 7.14. The maximum atomic E-state index is 6.56. The molecule has 0 spiro atoms. The Morgan fingerprint density at radius 1 is 1.00 bits per heavy atom. The summed E-state index contributed by atoms with van der Waals surface area (Å²) >= 11 is 25.3.